The number of hydrogen-bond acceptors (Lipinski definition) is 4. The Morgan fingerprint density at radius 3 is 2.35 bits per heavy atom. The van der Waals surface area contributed by atoms with Gasteiger partial charge in [0.1, 0.15) is 0 Å². The number of benzene rings is 2. The van der Waals surface area contributed by atoms with Gasteiger partial charge in [-0.15, -0.1) is 0 Å². The molecule has 0 bridgehead atoms. The molecule has 0 aliphatic rings. The van der Waals surface area contributed by atoms with Crippen molar-refractivity contribution in [2.75, 3.05) is 5.32 Å². The van der Waals surface area contributed by atoms with Crippen LogP contribution in [0.1, 0.15) is 18.1 Å². The number of nitrogens with zero attached hydrogens (tertiary/aromatic N) is 1. The van der Waals surface area contributed by atoms with Crippen LogP contribution < -0.4 is 10.1 Å². The van der Waals surface area contributed by atoms with E-state index in [0.29, 0.717) is 5.69 Å². The Kier molecular flexibility index (Phi) is 4.95. The number of ether oxygens (including phenoxy) is 1. The Bertz CT molecular complexity index is 726. The van der Waals surface area contributed by atoms with Gasteiger partial charge in [0.05, 0.1) is 4.92 Å². The Morgan fingerprint density at radius 1 is 1.13 bits per heavy atom. The van der Waals surface area contributed by atoms with Gasteiger partial charge in [0.25, 0.3) is 5.91 Å². The van der Waals surface area contributed by atoms with E-state index in [1.807, 2.05) is 19.1 Å². The van der Waals surface area contributed by atoms with Crippen molar-refractivity contribution in [1.82, 2.24) is 0 Å². The molecule has 0 aliphatic carbocycles. The van der Waals surface area contributed by atoms with E-state index in [9.17, 15) is 14.9 Å². The molecule has 2 rings (SSSR count). The van der Waals surface area contributed by atoms with Gasteiger partial charge in [-0.05, 0) is 44.5 Å². The summed E-state index contributed by atoms with van der Waals surface area (Å²) in [6, 6.07) is 12.0. The molecule has 0 unspecified atom stereocenters. The summed E-state index contributed by atoms with van der Waals surface area (Å²) in [5, 5.41) is 13.8. The van der Waals surface area contributed by atoms with Crippen LogP contribution in [0.4, 0.5) is 11.4 Å². The molecule has 1 atom stereocenters. The second kappa shape index (κ2) is 6.91. The summed E-state index contributed by atoms with van der Waals surface area (Å²) in [6.07, 6.45) is -0.863. The lowest BCUT2D eigenvalue weighted by molar-refractivity contribution is -0.386. The first-order valence-electron chi connectivity index (χ1n) is 7.16. The molecule has 1 N–H and O–H groups in total. The molecule has 23 heavy (non-hydrogen) atoms. The minimum atomic E-state index is -0.863. The highest BCUT2D eigenvalue weighted by atomic mass is 16.6. The zero-order valence-electron chi connectivity index (χ0n) is 13.2. The number of anilines is 1. The number of amides is 1. The first-order valence-corrected chi connectivity index (χ1v) is 7.16. The zero-order valence-corrected chi connectivity index (χ0v) is 13.2. The van der Waals surface area contributed by atoms with Gasteiger partial charge < -0.3 is 10.1 Å². The molecule has 1 amide bonds. The van der Waals surface area contributed by atoms with Crippen LogP contribution in [0, 0.1) is 24.0 Å². The molecule has 0 saturated carbocycles. The highest BCUT2D eigenvalue weighted by molar-refractivity contribution is 5.94. The van der Waals surface area contributed by atoms with E-state index in [0.717, 1.165) is 11.1 Å². The molecule has 120 valence electrons. The van der Waals surface area contributed by atoms with Crippen molar-refractivity contribution in [3.8, 4) is 5.75 Å². The smallest absolute Gasteiger partial charge is 0.311 e. The fourth-order valence-corrected chi connectivity index (χ4v) is 1.99. The molecular weight excluding hydrogens is 296 g/mol. The SMILES string of the molecule is Cc1ccc(NC(=O)[C@@H](C)Oc2ccc(C)cc2[N+](=O)[O-])cc1. The Morgan fingerprint density at radius 2 is 1.74 bits per heavy atom. The molecule has 2 aromatic carbocycles. The van der Waals surface area contributed by atoms with Crippen LogP contribution in [-0.4, -0.2) is 16.9 Å². The molecule has 6 heteroatoms. The van der Waals surface area contributed by atoms with Crippen LogP contribution >= 0.6 is 0 Å². The third-order valence-corrected chi connectivity index (χ3v) is 3.30. The van der Waals surface area contributed by atoms with Crippen molar-refractivity contribution >= 4 is 17.3 Å². The molecule has 0 spiro atoms. The van der Waals surface area contributed by atoms with E-state index >= 15 is 0 Å². The van der Waals surface area contributed by atoms with E-state index in [-0.39, 0.29) is 17.3 Å². The van der Waals surface area contributed by atoms with E-state index < -0.39 is 11.0 Å². The standard InChI is InChI=1S/C17H18N2O4/c1-11-4-7-14(8-5-11)18-17(20)13(3)23-16-9-6-12(2)10-15(16)19(21)22/h4-10,13H,1-3H3,(H,18,20)/t13-/m1/s1. The molecule has 0 aromatic heterocycles. The highest BCUT2D eigenvalue weighted by Crippen LogP contribution is 2.28. The van der Waals surface area contributed by atoms with Crippen molar-refractivity contribution in [1.29, 1.82) is 0 Å². The predicted octanol–water partition coefficient (Wildman–Crippen LogP) is 3.62. The van der Waals surface area contributed by atoms with Gasteiger partial charge in [0.2, 0.25) is 0 Å². The highest BCUT2D eigenvalue weighted by Gasteiger charge is 2.21. The first kappa shape index (κ1) is 16.5. The lowest BCUT2D eigenvalue weighted by atomic mass is 10.2. The van der Waals surface area contributed by atoms with Crippen molar-refractivity contribution in [2.24, 2.45) is 0 Å². The quantitative estimate of drug-likeness (QED) is 0.675. The van der Waals surface area contributed by atoms with Gasteiger partial charge in [-0.25, -0.2) is 0 Å². The Balaban J connectivity index is 2.09. The summed E-state index contributed by atoms with van der Waals surface area (Å²) >= 11 is 0. The summed E-state index contributed by atoms with van der Waals surface area (Å²) in [5.41, 5.74) is 2.33. The molecule has 0 fully saturated rings. The number of nitro groups is 1. The number of nitro benzene ring substituents is 1. The average Bonchev–Trinajstić information content (AvgIpc) is 2.51. The second-order valence-corrected chi connectivity index (χ2v) is 5.34. The van der Waals surface area contributed by atoms with E-state index in [4.69, 9.17) is 4.74 Å². The largest absolute Gasteiger partial charge is 0.474 e. The van der Waals surface area contributed by atoms with Gasteiger partial charge in [0.15, 0.2) is 11.9 Å². The molecule has 0 radical (unpaired) electrons. The van der Waals surface area contributed by atoms with Gasteiger partial charge in [-0.1, -0.05) is 23.8 Å². The lowest BCUT2D eigenvalue weighted by Gasteiger charge is -2.15. The molecule has 6 nitrogen and oxygen atoms in total. The summed E-state index contributed by atoms with van der Waals surface area (Å²) in [6.45, 7) is 5.26. The molecule has 2 aromatic rings. The summed E-state index contributed by atoms with van der Waals surface area (Å²) in [5.74, 6) is -0.295. The summed E-state index contributed by atoms with van der Waals surface area (Å²) in [4.78, 5) is 22.7. The first-order chi connectivity index (χ1) is 10.9. The number of nitrogens with one attached hydrogen (secondary N) is 1. The van der Waals surface area contributed by atoms with Crippen LogP contribution in [0.5, 0.6) is 5.75 Å². The molecular formula is C17H18N2O4. The number of carbonyl (C=O) groups is 1. The Labute approximate surface area is 134 Å². The fourth-order valence-electron chi connectivity index (χ4n) is 1.99. The van der Waals surface area contributed by atoms with Crippen molar-refractivity contribution in [3.05, 3.63) is 63.7 Å². The van der Waals surface area contributed by atoms with Crippen molar-refractivity contribution in [3.63, 3.8) is 0 Å². The van der Waals surface area contributed by atoms with Crippen molar-refractivity contribution < 1.29 is 14.5 Å². The van der Waals surface area contributed by atoms with Crippen LogP contribution in [0.15, 0.2) is 42.5 Å². The van der Waals surface area contributed by atoms with E-state index in [1.54, 1.807) is 32.0 Å². The maximum atomic E-state index is 12.1. The van der Waals surface area contributed by atoms with E-state index in [2.05, 4.69) is 5.32 Å². The average molecular weight is 314 g/mol. The number of aryl methyl sites for hydroxylation is 2. The number of hydrogen-bond donors (Lipinski definition) is 1. The Hall–Kier alpha value is -2.89. The number of carbonyl (C=O) groups excluding carboxylic acids is 1. The normalized spacial score (nSPS) is 11.6. The number of rotatable bonds is 5. The molecule has 0 heterocycles. The topological polar surface area (TPSA) is 81.5 Å². The van der Waals surface area contributed by atoms with Gasteiger partial charge in [-0.3, -0.25) is 14.9 Å². The van der Waals surface area contributed by atoms with Crippen LogP contribution in [0.25, 0.3) is 0 Å². The second-order valence-electron chi connectivity index (χ2n) is 5.34. The van der Waals surface area contributed by atoms with Crippen LogP contribution in [0.3, 0.4) is 0 Å². The van der Waals surface area contributed by atoms with Gasteiger partial charge in [-0.2, -0.15) is 0 Å². The van der Waals surface area contributed by atoms with Crippen molar-refractivity contribution in [2.45, 2.75) is 26.9 Å². The lowest BCUT2D eigenvalue weighted by Crippen LogP contribution is -2.30. The third-order valence-electron chi connectivity index (χ3n) is 3.30. The fraction of sp³-hybridized carbons (Fsp3) is 0.235. The third kappa shape index (κ3) is 4.29. The van der Waals surface area contributed by atoms with Crippen LogP contribution in [0.2, 0.25) is 0 Å². The maximum Gasteiger partial charge on any atom is 0.311 e. The molecule has 0 aliphatic heterocycles. The predicted molar refractivity (Wildman–Crippen MR) is 87.7 cm³/mol. The zero-order chi connectivity index (χ0) is 17.0. The summed E-state index contributed by atoms with van der Waals surface area (Å²) in [7, 11) is 0. The van der Waals surface area contributed by atoms with E-state index in [1.165, 1.54) is 12.1 Å². The maximum absolute atomic E-state index is 12.1. The van der Waals surface area contributed by atoms with Crippen LogP contribution in [-0.2, 0) is 4.79 Å². The summed E-state index contributed by atoms with van der Waals surface area (Å²) < 4.78 is 5.47. The minimum Gasteiger partial charge on any atom is -0.474 e. The molecule has 0 saturated heterocycles. The van der Waals surface area contributed by atoms with Gasteiger partial charge >= 0.3 is 5.69 Å². The minimum absolute atomic E-state index is 0.0761. The monoisotopic (exact) mass is 314 g/mol. The van der Waals surface area contributed by atoms with Gasteiger partial charge in [0, 0.05) is 11.8 Å².